The Labute approximate surface area is 124 Å². The van der Waals surface area contributed by atoms with Gasteiger partial charge in [-0.2, -0.15) is 12.6 Å². The monoisotopic (exact) mass is 280 g/mol. The van der Waals surface area contributed by atoms with Crippen molar-refractivity contribution < 1.29 is 4.74 Å². The molecule has 0 bridgehead atoms. The zero-order valence-corrected chi connectivity index (χ0v) is 14.1. The third-order valence-corrected chi connectivity index (χ3v) is 3.91. The van der Waals surface area contributed by atoms with Crippen molar-refractivity contribution >= 4 is 12.6 Å². The van der Waals surface area contributed by atoms with E-state index in [2.05, 4.69) is 66.3 Å². The molecule has 0 saturated heterocycles. The fraction of sp³-hybridized carbons (Fsp3) is 0.647. The van der Waals surface area contributed by atoms with Gasteiger partial charge in [0.2, 0.25) is 0 Å². The van der Waals surface area contributed by atoms with Crippen LogP contribution in [0.1, 0.15) is 51.3 Å². The van der Waals surface area contributed by atoms with Crippen molar-refractivity contribution in [1.29, 1.82) is 0 Å². The van der Waals surface area contributed by atoms with Crippen LogP contribution in [0.2, 0.25) is 0 Å². The molecule has 0 aliphatic rings. The molecular weight excluding hydrogens is 252 g/mol. The predicted octanol–water partition coefficient (Wildman–Crippen LogP) is 4.80. The fourth-order valence-corrected chi connectivity index (χ4v) is 2.44. The van der Waals surface area contributed by atoms with Crippen LogP contribution in [0.4, 0.5) is 0 Å². The van der Waals surface area contributed by atoms with Gasteiger partial charge in [-0.05, 0) is 42.9 Å². The molecule has 1 nitrogen and oxygen atoms in total. The van der Waals surface area contributed by atoms with Gasteiger partial charge in [0.05, 0.1) is 6.61 Å². The van der Waals surface area contributed by atoms with E-state index in [9.17, 15) is 0 Å². The minimum atomic E-state index is 0.107. The topological polar surface area (TPSA) is 9.23 Å². The van der Waals surface area contributed by atoms with E-state index in [-0.39, 0.29) is 5.41 Å². The van der Waals surface area contributed by atoms with Crippen molar-refractivity contribution in [2.24, 2.45) is 5.92 Å². The standard InChI is InChI=1S/C17H28OS/c1-7-18-16-14(9-13(3)11-19)8-12(2)10-15(16)17(4,5)6/h8,10,13,19H,7,9,11H2,1-6H3. The van der Waals surface area contributed by atoms with E-state index in [1.807, 2.05) is 0 Å². The largest absolute Gasteiger partial charge is 0.493 e. The number of ether oxygens (including phenoxy) is 1. The lowest BCUT2D eigenvalue weighted by Gasteiger charge is -2.26. The Kier molecular flexibility index (Phi) is 5.79. The number of hydrogen-bond donors (Lipinski definition) is 1. The summed E-state index contributed by atoms with van der Waals surface area (Å²) in [5.41, 5.74) is 4.06. The van der Waals surface area contributed by atoms with E-state index in [0.29, 0.717) is 12.5 Å². The quantitative estimate of drug-likeness (QED) is 0.762. The fourth-order valence-electron chi connectivity index (χ4n) is 2.31. The lowest BCUT2D eigenvalue weighted by atomic mass is 9.83. The molecule has 0 amide bonds. The molecule has 0 saturated carbocycles. The molecule has 2 heteroatoms. The summed E-state index contributed by atoms with van der Waals surface area (Å²) < 4.78 is 5.97. The van der Waals surface area contributed by atoms with Crippen molar-refractivity contribution in [3.8, 4) is 5.75 Å². The normalized spacial score (nSPS) is 13.4. The molecule has 0 heterocycles. The molecular formula is C17H28OS. The minimum Gasteiger partial charge on any atom is -0.493 e. The Morgan fingerprint density at radius 2 is 1.89 bits per heavy atom. The maximum Gasteiger partial charge on any atom is 0.126 e. The number of rotatable bonds is 5. The molecule has 1 rings (SSSR count). The lowest BCUT2D eigenvalue weighted by Crippen LogP contribution is -2.16. The summed E-state index contributed by atoms with van der Waals surface area (Å²) in [6.45, 7) is 13.9. The second-order valence-corrected chi connectivity index (χ2v) is 6.84. The SMILES string of the molecule is CCOc1c(CC(C)CS)cc(C)cc1C(C)(C)C. The molecule has 1 unspecified atom stereocenters. The van der Waals surface area contributed by atoms with Gasteiger partial charge in [-0.25, -0.2) is 0 Å². The second-order valence-electron chi connectivity index (χ2n) is 6.48. The Morgan fingerprint density at radius 3 is 2.37 bits per heavy atom. The molecule has 0 aliphatic carbocycles. The smallest absolute Gasteiger partial charge is 0.126 e. The van der Waals surface area contributed by atoms with Crippen molar-refractivity contribution in [2.75, 3.05) is 12.4 Å². The van der Waals surface area contributed by atoms with Crippen LogP contribution in [0.3, 0.4) is 0 Å². The third kappa shape index (κ3) is 4.45. The van der Waals surface area contributed by atoms with Crippen LogP contribution >= 0.6 is 12.6 Å². The summed E-state index contributed by atoms with van der Waals surface area (Å²) in [6.07, 6.45) is 1.03. The second kappa shape index (κ2) is 6.69. The summed E-state index contributed by atoms with van der Waals surface area (Å²) in [5, 5.41) is 0. The molecule has 1 atom stereocenters. The van der Waals surface area contributed by atoms with Crippen molar-refractivity contribution in [2.45, 2.75) is 53.4 Å². The molecule has 0 fully saturated rings. The van der Waals surface area contributed by atoms with Gasteiger partial charge in [0.15, 0.2) is 0 Å². The Morgan fingerprint density at radius 1 is 1.26 bits per heavy atom. The van der Waals surface area contributed by atoms with Crippen LogP contribution in [0.5, 0.6) is 5.75 Å². The van der Waals surface area contributed by atoms with Crippen LogP contribution in [0.15, 0.2) is 12.1 Å². The molecule has 0 aliphatic heterocycles. The molecule has 0 aromatic heterocycles. The molecule has 1 aromatic rings. The van der Waals surface area contributed by atoms with Gasteiger partial charge in [0.1, 0.15) is 5.75 Å². The third-order valence-electron chi connectivity index (χ3n) is 3.29. The first-order valence-corrected chi connectivity index (χ1v) is 7.80. The maximum absolute atomic E-state index is 5.97. The van der Waals surface area contributed by atoms with E-state index in [1.54, 1.807) is 0 Å². The van der Waals surface area contributed by atoms with E-state index >= 15 is 0 Å². The first kappa shape index (κ1) is 16.4. The Hall–Kier alpha value is -0.630. The van der Waals surface area contributed by atoms with Gasteiger partial charge in [0.25, 0.3) is 0 Å². The molecule has 0 spiro atoms. The molecule has 19 heavy (non-hydrogen) atoms. The summed E-state index contributed by atoms with van der Waals surface area (Å²) in [7, 11) is 0. The average Bonchev–Trinajstić information content (AvgIpc) is 2.30. The highest BCUT2D eigenvalue weighted by atomic mass is 32.1. The number of benzene rings is 1. The molecule has 0 radical (unpaired) electrons. The van der Waals surface area contributed by atoms with Crippen molar-refractivity contribution in [3.05, 3.63) is 28.8 Å². The van der Waals surface area contributed by atoms with Crippen LogP contribution in [-0.4, -0.2) is 12.4 Å². The van der Waals surface area contributed by atoms with Gasteiger partial charge in [0, 0.05) is 5.56 Å². The summed E-state index contributed by atoms with van der Waals surface area (Å²) in [6, 6.07) is 4.53. The van der Waals surface area contributed by atoms with Gasteiger partial charge in [-0.3, -0.25) is 0 Å². The Bertz CT molecular complexity index is 418. The van der Waals surface area contributed by atoms with Crippen LogP contribution in [-0.2, 0) is 11.8 Å². The number of hydrogen-bond acceptors (Lipinski definition) is 2. The van der Waals surface area contributed by atoms with Crippen LogP contribution in [0.25, 0.3) is 0 Å². The first-order chi connectivity index (χ1) is 8.79. The van der Waals surface area contributed by atoms with E-state index in [1.165, 1.54) is 16.7 Å². The number of aryl methyl sites for hydroxylation is 1. The van der Waals surface area contributed by atoms with Crippen LogP contribution in [0, 0.1) is 12.8 Å². The van der Waals surface area contributed by atoms with Crippen molar-refractivity contribution in [1.82, 2.24) is 0 Å². The highest BCUT2D eigenvalue weighted by Crippen LogP contribution is 2.36. The van der Waals surface area contributed by atoms with Crippen molar-refractivity contribution in [3.63, 3.8) is 0 Å². The number of thiol groups is 1. The first-order valence-electron chi connectivity index (χ1n) is 7.17. The molecule has 0 N–H and O–H groups in total. The lowest BCUT2D eigenvalue weighted by molar-refractivity contribution is 0.324. The van der Waals surface area contributed by atoms with E-state index in [0.717, 1.165) is 17.9 Å². The summed E-state index contributed by atoms with van der Waals surface area (Å²) in [4.78, 5) is 0. The predicted molar refractivity (Wildman–Crippen MR) is 87.8 cm³/mol. The average molecular weight is 280 g/mol. The van der Waals surface area contributed by atoms with Gasteiger partial charge in [-0.15, -0.1) is 0 Å². The summed E-state index contributed by atoms with van der Waals surface area (Å²) >= 11 is 4.40. The zero-order chi connectivity index (χ0) is 14.6. The molecule has 1 aromatic carbocycles. The van der Waals surface area contributed by atoms with Gasteiger partial charge in [-0.1, -0.05) is 45.4 Å². The Balaban J connectivity index is 3.31. The van der Waals surface area contributed by atoms with Gasteiger partial charge >= 0.3 is 0 Å². The highest BCUT2D eigenvalue weighted by molar-refractivity contribution is 7.80. The van der Waals surface area contributed by atoms with Gasteiger partial charge < -0.3 is 4.74 Å². The van der Waals surface area contributed by atoms with Crippen LogP contribution < -0.4 is 4.74 Å². The van der Waals surface area contributed by atoms with E-state index in [4.69, 9.17) is 4.74 Å². The maximum atomic E-state index is 5.97. The summed E-state index contributed by atoms with van der Waals surface area (Å²) in [5.74, 6) is 2.57. The highest BCUT2D eigenvalue weighted by Gasteiger charge is 2.22. The minimum absolute atomic E-state index is 0.107. The zero-order valence-electron chi connectivity index (χ0n) is 13.2. The van der Waals surface area contributed by atoms with E-state index < -0.39 is 0 Å². The molecule has 108 valence electrons.